The maximum atomic E-state index is 10.5. The molecule has 2 atom stereocenters. The Morgan fingerprint density at radius 2 is 2.13 bits per heavy atom. The van der Waals surface area contributed by atoms with E-state index in [4.69, 9.17) is 0 Å². The van der Waals surface area contributed by atoms with Gasteiger partial charge in [0, 0.05) is 5.75 Å². The molecular formula is C11H13NaO2S. The van der Waals surface area contributed by atoms with E-state index >= 15 is 0 Å². The van der Waals surface area contributed by atoms with Crippen molar-refractivity contribution in [2.24, 2.45) is 0 Å². The Labute approximate surface area is 115 Å². The molecule has 0 saturated carbocycles. The average Bonchev–Trinajstić information content (AvgIpc) is 2.58. The van der Waals surface area contributed by atoms with Gasteiger partial charge in [-0.1, -0.05) is 35.3 Å². The van der Waals surface area contributed by atoms with E-state index in [2.05, 4.69) is 12.1 Å². The maximum Gasteiger partial charge on any atom is 1.00 e. The van der Waals surface area contributed by atoms with Crippen LogP contribution in [-0.2, 0) is 17.5 Å². The monoisotopic (exact) mass is 232 g/mol. The van der Waals surface area contributed by atoms with Crippen LogP contribution in [-0.4, -0.2) is 14.5 Å². The second kappa shape index (κ2) is 6.16. The van der Waals surface area contributed by atoms with E-state index in [9.17, 15) is 8.76 Å². The van der Waals surface area contributed by atoms with E-state index in [-0.39, 0.29) is 29.6 Å². The van der Waals surface area contributed by atoms with Gasteiger partial charge in [-0.05, 0) is 36.3 Å². The van der Waals surface area contributed by atoms with Crippen LogP contribution in [0.3, 0.4) is 0 Å². The van der Waals surface area contributed by atoms with E-state index in [1.165, 1.54) is 11.1 Å². The van der Waals surface area contributed by atoms with Crippen LogP contribution in [0, 0.1) is 0 Å². The molecule has 0 bridgehead atoms. The third-order valence-corrected chi connectivity index (χ3v) is 3.46. The van der Waals surface area contributed by atoms with Crippen molar-refractivity contribution in [2.75, 3.05) is 5.75 Å². The average molecular weight is 232 g/mol. The quantitative estimate of drug-likeness (QED) is 0.495. The molecular weight excluding hydrogens is 219 g/mol. The summed E-state index contributed by atoms with van der Waals surface area (Å²) in [6.45, 7) is 0. The van der Waals surface area contributed by atoms with Gasteiger partial charge >= 0.3 is 29.6 Å². The summed E-state index contributed by atoms with van der Waals surface area (Å²) in [7, 11) is 0. The van der Waals surface area contributed by atoms with Crippen molar-refractivity contribution in [3.8, 4) is 0 Å². The van der Waals surface area contributed by atoms with Crippen LogP contribution in [0.15, 0.2) is 24.3 Å². The first-order valence-corrected chi connectivity index (χ1v) is 6.15. The number of hydrogen-bond donors (Lipinski definition) is 0. The van der Waals surface area contributed by atoms with Crippen LogP contribution in [0.4, 0.5) is 0 Å². The van der Waals surface area contributed by atoms with E-state index in [1.807, 2.05) is 12.1 Å². The summed E-state index contributed by atoms with van der Waals surface area (Å²) in [6, 6.07) is 8.35. The fourth-order valence-electron chi connectivity index (χ4n) is 2.18. The van der Waals surface area contributed by atoms with Gasteiger partial charge in [-0.15, -0.1) is 0 Å². The minimum Gasteiger partial charge on any atom is -0.772 e. The van der Waals surface area contributed by atoms with Crippen LogP contribution in [0.2, 0.25) is 0 Å². The Kier molecular flexibility index (Phi) is 5.50. The standard InChI is InChI=1S/C11H14O2S.Na/c12-14(13)8-7-10-6-5-9-3-1-2-4-11(9)10;/h1-4,10H,5-8H2,(H,12,13);/q;+1/p-1. The summed E-state index contributed by atoms with van der Waals surface area (Å²) in [5.74, 6) is 0.753. The van der Waals surface area contributed by atoms with Crippen LogP contribution in [0.25, 0.3) is 0 Å². The summed E-state index contributed by atoms with van der Waals surface area (Å²) in [6.07, 6.45) is 2.98. The molecule has 4 heteroatoms. The first-order valence-electron chi connectivity index (χ1n) is 4.91. The number of benzene rings is 1. The van der Waals surface area contributed by atoms with E-state index in [0.717, 1.165) is 19.3 Å². The molecule has 0 spiro atoms. The van der Waals surface area contributed by atoms with Crippen molar-refractivity contribution < 1.29 is 38.3 Å². The van der Waals surface area contributed by atoms with Crippen molar-refractivity contribution in [3.05, 3.63) is 35.4 Å². The molecule has 0 fully saturated rings. The van der Waals surface area contributed by atoms with Crippen molar-refractivity contribution in [1.29, 1.82) is 0 Å². The van der Waals surface area contributed by atoms with E-state index in [1.54, 1.807) is 0 Å². The Morgan fingerprint density at radius 3 is 2.87 bits per heavy atom. The molecule has 1 aromatic carbocycles. The second-order valence-electron chi connectivity index (χ2n) is 3.73. The number of hydrogen-bond acceptors (Lipinski definition) is 2. The van der Waals surface area contributed by atoms with E-state index < -0.39 is 11.1 Å². The predicted octanol–water partition coefficient (Wildman–Crippen LogP) is -1.01. The van der Waals surface area contributed by atoms with Gasteiger partial charge in [-0.25, -0.2) is 0 Å². The Morgan fingerprint density at radius 1 is 1.40 bits per heavy atom. The third kappa shape index (κ3) is 3.40. The number of fused-ring (bicyclic) bond motifs is 1. The molecule has 1 aliphatic carbocycles. The molecule has 0 heterocycles. The molecule has 0 radical (unpaired) electrons. The van der Waals surface area contributed by atoms with Crippen molar-refractivity contribution in [1.82, 2.24) is 0 Å². The van der Waals surface area contributed by atoms with Gasteiger partial charge in [-0.3, -0.25) is 4.21 Å². The summed E-state index contributed by atoms with van der Waals surface area (Å²) in [5, 5.41) is 0. The Hall–Kier alpha value is 0.330. The van der Waals surface area contributed by atoms with Crippen LogP contribution in [0.5, 0.6) is 0 Å². The minimum absolute atomic E-state index is 0. The summed E-state index contributed by atoms with van der Waals surface area (Å²) >= 11 is -1.89. The normalized spacial score (nSPS) is 20.5. The maximum absolute atomic E-state index is 10.5. The molecule has 0 aliphatic heterocycles. The molecule has 1 aromatic rings. The van der Waals surface area contributed by atoms with Crippen molar-refractivity contribution in [3.63, 3.8) is 0 Å². The second-order valence-corrected chi connectivity index (χ2v) is 4.75. The van der Waals surface area contributed by atoms with Gasteiger partial charge in [0.1, 0.15) is 0 Å². The smallest absolute Gasteiger partial charge is 0.772 e. The number of aryl methyl sites for hydroxylation is 1. The summed E-state index contributed by atoms with van der Waals surface area (Å²) < 4.78 is 20.9. The first kappa shape index (κ1) is 13.4. The molecule has 2 nitrogen and oxygen atoms in total. The fraction of sp³-hybridized carbons (Fsp3) is 0.455. The van der Waals surface area contributed by atoms with Crippen molar-refractivity contribution >= 4 is 11.1 Å². The summed E-state index contributed by atoms with van der Waals surface area (Å²) in [4.78, 5) is 0. The molecule has 1 aliphatic rings. The van der Waals surface area contributed by atoms with Gasteiger partial charge in [-0.2, -0.15) is 0 Å². The van der Waals surface area contributed by atoms with Crippen LogP contribution >= 0.6 is 0 Å². The van der Waals surface area contributed by atoms with E-state index in [0.29, 0.717) is 11.7 Å². The van der Waals surface area contributed by atoms with Crippen LogP contribution in [0.1, 0.15) is 29.9 Å². The predicted molar refractivity (Wildman–Crippen MR) is 55.9 cm³/mol. The number of rotatable bonds is 3. The SMILES string of the molecule is O=S([O-])CCC1CCc2ccccc21.[Na+]. The molecule has 2 unspecified atom stereocenters. The van der Waals surface area contributed by atoms with Gasteiger partial charge in [0.15, 0.2) is 0 Å². The fourth-order valence-corrected chi connectivity index (χ4v) is 2.66. The molecule has 0 saturated heterocycles. The van der Waals surface area contributed by atoms with Gasteiger partial charge < -0.3 is 4.55 Å². The zero-order valence-electron chi connectivity index (χ0n) is 8.94. The van der Waals surface area contributed by atoms with Gasteiger partial charge in [0.05, 0.1) is 0 Å². The van der Waals surface area contributed by atoms with Gasteiger partial charge in [0.25, 0.3) is 0 Å². The molecule has 0 amide bonds. The molecule has 0 N–H and O–H groups in total. The molecule has 2 rings (SSSR count). The Bertz CT molecular complexity index is 354. The topological polar surface area (TPSA) is 40.1 Å². The minimum atomic E-state index is -1.89. The first-order chi connectivity index (χ1) is 6.77. The third-order valence-electron chi connectivity index (χ3n) is 2.89. The molecule has 76 valence electrons. The van der Waals surface area contributed by atoms with Crippen molar-refractivity contribution in [2.45, 2.75) is 25.2 Å². The largest absolute Gasteiger partial charge is 1.00 e. The van der Waals surface area contributed by atoms with Crippen LogP contribution < -0.4 is 29.6 Å². The zero-order valence-corrected chi connectivity index (χ0v) is 11.8. The Balaban J connectivity index is 0.00000112. The zero-order chi connectivity index (χ0) is 9.97. The van der Waals surface area contributed by atoms with Gasteiger partial charge in [0.2, 0.25) is 0 Å². The summed E-state index contributed by atoms with van der Waals surface area (Å²) in [5.41, 5.74) is 2.76. The molecule has 0 aromatic heterocycles. The molecule has 15 heavy (non-hydrogen) atoms.